The standard InChI is InChI=1S/C21H20IN5O5/c22-17-5-1-14(2-6-17)7-8-32-18-9-15(21-25-23-13-24-26-21)3-4-16(18)10-27(11-19(28)29)12-20(30)31/h1-6,9,13H,7-8,10-12H2,(H,28,29)(H,30,31). The number of aromatic nitrogens is 4. The second-order valence-corrected chi connectivity index (χ2v) is 8.10. The van der Waals surface area contributed by atoms with Gasteiger partial charge < -0.3 is 14.9 Å². The van der Waals surface area contributed by atoms with Crippen LogP contribution in [0, 0.1) is 3.57 Å². The highest BCUT2D eigenvalue weighted by molar-refractivity contribution is 14.1. The van der Waals surface area contributed by atoms with E-state index in [1.165, 1.54) is 11.2 Å². The summed E-state index contributed by atoms with van der Waals surface area (Å²) in [6.07, 6.45) is 1.89. The average molecular weight is 549 g/mol. The molecule has 0 unspecified atom stereocenters. The van der Waals surface area contributed by atoms with Crippen molar-refractivity contribution in [2.24, 2.45) is 0 Å². The Kier molecular flexibility index (Phi) is 8.39. The van der Waals surface area contributed by atoms with Crippen molar-refractivity contribution in [2.75, 3.05) is 19.7 Å². The van der Waals surface area contributed by atoms with E-state index in [0.717, 1.165) is 9.13 Å². The maximum atomic E-state index is 11.2. The van der Waals surface area contributed by atoms with Crippen molar-refractivity contribution in [1.82, 2.24) is 25.3 Å². The van der Waals surface area contributed by atoms with Gasteiger partial charge in [-0.15, -0.1) is 20.4 Å². The Morgan fingerprint density at radius 3 is 2.25 bits per heavy atom. The van der Waals surface area contributed by atoms with Crippen LogP contribution in [0.4, 0.5) is 0 Å². The quantitative estimate of drug-likeness (QED) is 0.342. The van der Waals surface area contributed by atoms with Crippen molar-refractivity contribution in [2.45, 2.75) is 13.0 Å². The van der Waals surface area contributed by atoms with Gasteiger partial charge >= 0.3 is 11.9 Å². The van der Waals surface area contributed by atoms with Crippen molar-refractivity contribution >= 4 is 34.5 Å². The normalized spacial score (nSPS) is 10.8. The molecule has 2 N–H and O–H groups in total. The van der Waals surface area contributed by atoms with Crippen LogP contribution in [0.1, 0.15) is 11.1 Å². The molecule has 10 nitrogen and oxygen atoms in total. The van der Waals surface area contributed by atoms with Gasteiger partial charge in [0.15, 0.2) is 6.33 Å². The first-order valence-corrected chi connectivity index (χ1v) is 10.7. The number of carboxylic acids is 2. The SMILES string of the molecule is O=C(O)CN(CC(=O)O)Cc1ccc(-c2nncnn2)cc1OCCc1ccc(I)cc1. The number of halogens is 1. The van der Waals surface area contributed by atoms with Crippen molar-refractivity contribution in [3.8, 4) is 17.1 Å². The van der Waals surface area contributed by atoms with Crippen LogP contribution < -0.4 is 4.74 Å². The molecule has 11 heteroatoms. The molecule has 0 amide bonds. The summed E-state index contributed by atoms with van der Waals surface area (Å²) in [5, 5.41) is 33.6. The molecule has 32 heavy (non-hydrogen) atoms. The third-order valence-corrected chi connectivity index (χ3v) is 5.13. The minimum atomic E-state index is -1.11. The van der Waals surface area contributed by atoms with Crippen molar-refractivity contribution < 1.29 is 24.5 Å². The summed E-state index contributed by atoms with van der Waals surface area (Å²) in [7, 11) is 0. The molecule has 0 bridgehead atoms. The van der Waals surface area contributed by atoms with Crippen molar-refractivity contribution in [3.63, 3.8) is 0 Å². The molecule has 3 rings (SSSR count). The van der Waals surface area contributed by atoms with Gasteiger partial charge in [-0.25, -0.2) is 0 Å². The molecule has 2 aromatic carbocycles. The third-order valence-electron chi connectivity index (χ3n) is 4.41. The number of benzene rings is 2. The first kappa shape index (κ1) is 23.5. The lowest BCUT2D eigenvalue weighted by Crippen LogP contribution is -2.34. The van der Waals surface area contributed by atoms with Crippen molar-refractivity contribution in [1.29, 1.82) is 0 Å². The van der Waals surface area contributed by atoms with Crippen LogP contribution in [-0.2, 0) is 22.6 Å². The van der Waals surface area contributed by atoms with Gasteiger partial charge in [0.05, 0.1) is 19.7 Å². The molecular weight excluding hydrogens is 529 g/mol. The monoisotopic (exact) mass is 549 g/mol. The van der Waals surface area contributed by atoms with Crippen molar-refractivity contribution in [3.05, 3.63) is 63.5 Å². The van der Waals surface area contributed by atoms with E-state index in [2.05, 4.69) is 43.0 Å². The van der Waals surface area contributed by atoms with Gasteiger partial charge in [-0.3, -0.25) is 14.5 Å². The van der Waals surface area contributed by atoms with Gasteiger partial charge in [-0.05, 0) is 46.4 Å². The Bertz CT molecular complexity index is 1050. The summed E-state index contributed by atoms with van der Waals surface area (Å²) < 4.78 is 7.17. The fourth-order valence-electron chi connectivity index (χ4n) is 3.00. The van der Waals surface area contributed by atoms with E-state index in [-0.39, 0.29) is 6.54 Å². The van der Waals surface area contributed by atoms with Crippen LogP contribution in [0.25, 0.3) is 11.4 Å². The zero-order valence-corrected chi connectivity index (χ0v) is 19.0. The Labute approximate surface area is 197 Å². The maximum Gasteiger partial charge on any atom is 0.317 e. The fraction of sp³-hybridized carbons (Fsp3) is 0.238. The number of carbonyl (C=O) groups is 2. The first-order chi connectivity index (χ1) is 15.4. The van der Waals surface area contributed by atoms with E-state index in [1.54, 1.807) is 18.2 Å². The lowest BCUT2D eigenvalue weighted by molar-refractivity contribution is -0.142. The molecule has 0 saturated carbocycles. The van der Waals surface area contributed by atoms with Gasteiger partial charge in [0.2, 0.25) is 5.82 Å². The highest BCUT2D eigenvalue weighted by Crippen LogP contribution is 2.26. The van der Waals surface area contributed by atoms with E-state index in [9.17, 15) is 9.59 Å². The smallest absolute Gasteiger partial charge is 0.317 e. The van der Waals surface area contributed by atoms with Crippen LogP contribution in [0.2, 0.25) is 0 Å². The van der Waals surface area contributed by atoms with Crippen LogP contribution in [0.5, 0.6) is 5.75 Å². The third kappa shape index (κ3) is 7.20. The highest BCUT2D eigenvalue weighted by Gasteiger charge is 2.17. The Morgan fingerprint density at radius 2 is 1.62 bits per heavy atom. The molecule has 166 valence electrons. The topological polar surface area (TPSA) is 139 Å². The lowest BCUT2D eigenvalue weighted by atomic mass is 10.1. The predicted molar refractivity (Wildman–Crippen MR) is 122 cm³/mol. The summed E-state index contributed by atoms with van der Waals surface area (Å²) in [5.41, 5.74) is 2.39. The molecule has 1 aromatic heterocycles. The minimum absolute atomic E-state index is 0.0872. The molecule has 0 atom stereocenters. The van der Waals surface area contributed by atoms with Gasteiger partial charge in [0.25, 0.3) is 0 Å². The minimum Gasteiger partial charge on any atom is -0.493 e. The Hall–Kier alpha value is -3.19. The first-order valence-electron chi connectivity index (χ1n) is 9.57. The zero-order chi connectivity index (χ0) is 22.9. The summed E-state index contributed by atoms with van der Waals surface area (Å²) in [4.78, 5) is 23.6. The number of hydrogen-bond donors (Lipinski definition) is 2. The molecule has 0 fully saturated rings. The maximum absolute atomic E-state index is 11.2. The summed E-state index contributed by atoms with van der Waals surface area (Å²) in [5.74, 6) is -1.42. The van der Waals surface area contributed by atoms with Gasteiger partial charge in [-0.1, -0.05) is 24.3 Å². The molecule has 0 aliphatic heterocycles. The van der Waals surface area contributed by atoms with Crippen LogP contribution in [0.15, 0.2) is 48.8 Å². The molecule has 0 spiro atoms. The molecule has 0 saturated heterocycles. The van der Waals surface area contributed by atoms with Gasteiger partial charge in [0.1, 0.15) is 5.75 Å². The van der Waals surface area contributed by atoms with Crippen LogP contribution >= 0.6 is 22.6 Å². The summed E-state index contributed by atoms with van der Waals surface area (Å²) in [6.45, 7) is -0.359. The van der Waals surface area contributed by atoms with E-state index in [0.29, 0.717) is 35.7 Å². The van der Waals surface area contributed by atoms with E-state index < -0.39 is 25.0 Å². The van der Waals surface area contributed by atoms with Crippen LogP contribution in [0.3, 0.4) is 0 Å². The van der Waals surface area contributed by atoms with Crippen LogP contribution in [-0.4, -0.2) is 67.1 Å². The number of ether oxygens (including phenoxy) is 1. The number of aliphatic carboxylic acids is 2. The number of nitrogens with zero attached hydrogens (tertiary/aromatic N) is 5. The number of carboxylic acid groups (broad SMARTS) is 2. The summed E-state index contributed by atoms with van der Waals surface area (Å²) in [6, 6.07) is 13.3. The summed E-state index contributed by atoms with van der Waals surface area (Å²) >= 11 is 2.24. The number of hydrogen-bond acceptors (Lipinski definition) is 8. The highest BCUT2D eigenvalue weighted by atomic mass is 127. The van der Waals surface area contributed by atoms with Gasteiger partial charge in [0, 0.05) is 27.7 Å². The average Bonchev–Trinajstić information content (AvgIpc) is 2.76. The second-order valence-electron chi connectivity index (χ2n) is 6.85. The largest absolute Gasteiger partial charge is 0.493 e. The van der Waals surface area contributed by atoms with E-state index >= 15 is 0 Å². The predicted octanol–water partition coefficient (Wildman–Crippen LogP) is 2.13. The molecule has 0 aliphatic carbocycles. The zero-order valence-electron chi connectivity index (χ0n) is 16.9. The number of rotatable bonds is 11. The van der Waals surface area contributed by atoms with E-state index in [1.807, 2.05) is 24.3 Å². The molecule has 1 heterocycles. The lowest BCUT2D eigenvalue weighted by Gasteiger charge is -2.20. The van der Waals surface area contributed by atoms with E-state index in [4.69, 9.17) is 14.9 Å². The Morgan fingerprint density at radius 1 is 0.969 bits per heavy atom. The fourth-order valence-corrected chi connectivity index (χ4v) is 3.36. The molecular formula is C21H20IN5O5. The second kappa shape index (κ2) is 11.4. The molecule has 0 radical (unpaired) electrons. The Balaban J connectivity index is 1.82. The van der Waals surface area contributed by atoms with Gasteiger partial charge in [-0.2, -0.15) is 0 Å². The molecule has 3 aromatic rings. The molecule has 0 aliphatic rings.